The van der Waals surface area contributed by atoms with Gasteiger partial charge >= 0.3 is 12.2 Å². The van der Waals surface area contributed by atoms with Crippen LogP contribution >= 0.6 is 0 Å². The van der Waals surface area contributed by atoms with Gasteiger partial charge in [-0.15, -0.1) is 0 Å². The molecule has 12 heavy (non-hydrogen) atoms. The first-order chi connectivity index (χ1) is 5.50. The van der Waals surface area contributed by atoms with Gasteiger partial charge in [-0.25, -0.2) is 9.59 Å². The molecule has 0 bridgehead atoms. The third-order valence-corrected chi connectivity index (χ3v) is 0.742. The predicted octanol–water partition coefficient (Wildman–Crippen LogP) is 1.10. The van der Waals surface area contributed by atoms with Crippen molar-refractivity contribution in [1.29, 1.82) is 0 Å². The van der Waals surface area contributed by atoms with Gasteiger partial charge in [0.25, 0.3) is 0 Å². The van der Waals surface area contributed by atoms with E-state index in [1.54, 1.807) is 0 Å². The van der Waals surface area contributed by atoms with Gasteiger partial charge in [-0.05, 0) is 6.42 Å². The summed E-state index contributed by atoms with van der Waals surface area (Å²) in [6.45, 7) is 2.47. The highest BCUT2D eigenvalue weighted by Gasteiger charge is 1.88. The maximum Gasteiger partial charge on any atom is 0.503 e. The summed E-state index contributed by atoms with van der Waals surface area (Å²) in [6, 6.07) is 0. The van der Waals surface area contributed by atoms with E-state index in [2.05, 4.69) is 10.5 Å². The van der Waals surface area contributed by atoms with Crippen LogP contribution in [0.4, 0.5) is 9.59 Å². The van der Waals surface area contributed by atoms with Gasteiger partial charge in [-0.2, -0.15) is 0 Å². The molecule has 6 nitrogen and oxygen atoms in total. The minimum absolute atomic E-state index is 0.450. The van der Waals surface area contributed by atoms with Crippen molar-refractivity contribution in [3.63, 3.8) is 0 Å². The summed E-state index contributed by atoms with van der Waals surface area (Å²) in [5, 5.41) is 13.9. The molecule has 0 aromatic rings. The lowest BCUT2D eigenvalue weighted by molar-refractivity contribution is 0.136. The van der Waals surface area contributed by atoms with E-state index in [1.165, 1.54) is 0 Å². The largest absolute Gasteiger partial charge is 0.503 e. The van der Waals surface area contributed by atoms with Gasteiger partial charge in [0, 0.05) is 0 Å². The Morgan fingerprint density at radius 2 is 1.83 bits per heavy atom. The van der Waals surface area contributed by atoms with Gasteiger partial charge < -0.3 is 20.7 Å². The van der Waals surface area contributed by atoms with Crippen LogP contribution in [0.2, 0.25) is 0 Å². The molecule has 72 valence electrons. The van der Waals surface area contributed by atoms with Gasteiger partial charge in [0.15, 0.2) is 0 Å². The fraction of sp³-hybridized carbons (Fsp3) is 0.667. The van der Waals surface area contributed by atoms with E-state index in [0.717, 1.165) is 12.8 Å². The number of nitrogens with two attached hydrogens (primary N) is 1. The maximum atomic E-state index is 9.87. The monoisotopic (exact) mass is 179 g/mol. The van der Waals surface area contributed by atoms with Crippen LogP contribution in [0, 0.1) is 0 Å². The van der Waals surface area contributed by atoms with Crippen LogP contribution in [0.15, 0.2) is 0 Å². The molecule has 0 rings (SSSR count). The van der Waals surface area contributed by atoms with Crippen LogP contribution in [0.5, 0.6) is 0 Å². The molecule has 0 unspecified atom stereocenters. The molecule has 0 radical (unpaired) electrons. The first-order valence-electron chi connectivity index (χ1n) is 3.34. The molecular formula is C6H13NO5. The Hall–Kier alpha value is -1.46. The van der Waals surface area contributed by atoms with Crippen LogP contribution in [0.1, 0.15) is 19.8 Å². The summed E-state index contributed by atoms with van der Waals surface area (Å²) in [6.07, 6.45) is -0.602. The molecule has 0 aliphatic rings. The summed E-state index contributed by atoms with van der Waals surface area (Å²) in [7, 11) is 0. The van der Waals surface area contributed by atoms with Crippen molar-refractivity contribution in [2.45, 2.75) is 19.8 Å². The van der Waals surface area contributed by atoms with E-state index in [1.807, 2.05) is 6.92 Å². The Labute approximate surface area is 69.9 Å². The molecule has 0 aromatic carbocycles. The van der Waals surface area contributed by atoms with Crippen LogP contribution in [-0.4, -0.2) is 29.1 Å². The van der Waals surface area contributed by atoms with Crippen molar-refractivity contribution in [2.75, 3.05) is 6.61 Å². The first-order valence-corrected chi connectivity index (χ1v) is 3.34. The third-order valence-electron chi connectivity index (χ3n) is 0.742. The molecule has 0 saturated heterocycles. The number of hydrogen-bond donors (Lipinski definition) is 3. The smallest absolute Gasteiger partial charge is 0.450 e. The maximum absolute atomic E-state index is 9.87. The summed E-state index contributed by atoms with van der Waals surface area (Å²) >= 11 is 0. The van der Waals surface area contributed by atoms with E-state index in [4.69, 9.17) is 15.0 Å². The Bertz CT molecular complexity index is 132. The second-order valence-electron chi connectivity index (χ2n) is 1.80. The fourth-order valence-electron chi connectivity index (χ4n) is 0.317. The normalized spacial score (nSPS) is 7.75. The molecule has 6 heteroatoms. The first kappa shape index (κ1) is 13.2. The Morgan fingerprint density at radius 1 is 1.42 bits per heavy atom. The molecule has 4 N–H and O–H groups in total. The van der Waals surface area contributed by atoms with Gasteiger partial charge in [-0.1, -0.05) is 13.3 Å². The standard InChI is InChI=1S/C5H11NO2.CH2O3/c1-2-3-4-8-5(6)7;2-1(3)4/h2-4H2,1H3,(H2,6,7);(H2,2,3,4). The van der Waals surface area contributed by atoms with E-state index in [-0.39, 0.29) is 0 Å². The minimum atomic E-state index is -1.83. The van der Waals surface area contributed by atoms with Crippen molar-refractivity contribution in [1.82, 2.24) is 0 Å². The SMILES string of the molecule is CCCCOC(N)=O.O=C(O)O. The van der Waals surface area contributed by atoms with Crippen LogP contribution in [0.25, 0.3) is 0 Å². The molecule has 0 aromatic heterocycles. The van der Waals surface area contributed by atoms with Crippen LogP contribution in [0.3, 0.4) is 0 Å². The number of amides is 1. The van der Waals surface area contributed by atoms with E-state index in [9.17, 15) is 4.79 Å². The number of carboxylic acid groups (broad SMARTS) is 2. The molecular weight excluding hydrogens is 166 g/mol. The Balaban J connectivity index is 0. The zero-order valence-corrected chi connectivity index (χ0v) is 6.82. The number of carbonyl (C=O) groups is 2. The highest BCUT2D eigenvalue weighted by atomic mass is 16.6. The summed E-state index contributed by atoms with van der Waals surface area (Å²) in [5.41, 5.74) is 4.67. The quantitative estimate of drug-likeness (QED) is 0.562. The second kappa shape index (κ2) is 9.54. The lowest BCUT2D eigenvalue weighted by Gasteiger charge is -1.95. The fourth-order valence-corrected chi connectivity index (χ4v) is 0.317. The van der Waals surface area contributed by atoms with Gasteiger partial charge in [0.2, 0.25) is 0 Å². The molecule has 0 spiro atoms. The van der Waals surface area contributed by atoms with Crippen molar-refractivity contribution in [2.24, 2.45) is 5.73 Å². The number of ether oxygens (including phenoxy) is 1. The lowest BCUT2D eigenvalue weighted by Crippen LogP contribution is -2.13. The molecule has 0 saturated carbocycles. The predicted molar refractivity (Wildman–Crippen MR) is 41.1 cm³/mol. The minimum Gasteiger partial charge on any atom is -0.450 e. The average Bonchev–Trinajstić information content (AvgIpc) is 1.86. The summed E-state index contributed by atoms with van der Waals surface area (Å²) in [4.78, 5) is 18.4. The number of carbonyl (C=O) groups excluding carboxylic acids is 1. The molecule has 0 atom stereocenters. The number of rotatable bonds is 3. The zero-order valence-electron chi connectivity index (χ0n) is 6.82. The highest BCUT2D eigenvalue weighted by molar-refractivity contribution is 5.64. The number of hydrogen-bond acceptors (Lipinski definition) is 3. The van der Waals surface area contributed by atoms with Crippen molar-refractivity contribution < 1.29 is 24.5 Å². The van der Waals surface area contributed by atoms with Crippen molar-refractivity contribution in [3.8, 4) is 0 Å². The lowest BCUT2D eigenvalue weighted by atomic mass is 10.4. The zero-order chi connectivity index (χ0) is 9.98. The summed E-state index contributed by atoms with van der Waals surface area (Å²) in [5.74, 6) is 0. The van der Waals surface area contributed by atoms with E-state index >= 15 is 0 Å². The number of primary amides is 1. The number of unbranched alkanes of at least 4 members (excludes halogenated alkanes) is 1. The van der Waals surface area contributed by atoms with Crippen LogP contribution < -0.4 is 5.73 Å². The molecule has 0 fully saturated rings. The second-order valence-corrected chi connectivity index (χ2v) is 1.80. The third kappa shape index (κ3) is 38.7. The highest BCUT2D eigenvalue weighted by Crippen LogP contribution is 1.85. The molecule has 1 amide bonds. The average molecular weight is 179 g/mol. The molecule has 0 aliphatic carbocycles. The summed E-state index contributed by atoms with van der Waals surface area (Å²) < 4.78 is 4.42. The van der Waals surface area contributed by atoms with Gasteiger partial charge in [0.05, 0.1) is 6.61 Å². The van der Waals surface area contributed by atoms with Crippen LogP contribution in [-0.2, 0) is 4.74 Å². The van der Waals surface area contributed by atoms with Gasteiger partial charge in [-0.3, -0.25) is 0 Å². The van der Waals surface area contributed by atoms with E-state index < -0.39 is 12.2 Å². The Kier molecular flexibility index (Phi) is 10.5. The molecule has 0 heterocycles. The van der Waals surface area contributed by atoms with Crippen molar-refractivity contribution in [3.05, 3.63) is 0 Å². The van der Waals surface area contributed by atoms with E-state index in [0.29, 0.717) is 6.61 Å². The molecule has 0 aliphatic heterocycles. The Morgan fingerprint density at radius 3 is 2.08 bits per heavy atom. The van der Waals surface area contributed by atoms with Crippen molar-refractivity contribution >= 4 is 12.2 Å². The topological polar surface area (TPSA) is 110 Å². The van der Waals surface area contributed by atoms with Gasteiger partial charge in [0.1, 0.15) is 0 Å².